The third-order valence-electron chi connectivity index (χ3n) is 7.13. The molecule has 0 bridgehead atoms. The lowest BCUT2D eigenvalue weighted by Gasteiger charge is -2.45. The van der Waals surface area contributed by atoms with E-state index in [0.717, 1.165) is 28.9 Å². The second-order valence-corrected chi connectivity index (χ2v) is 10.8. The quantitative estimate of drug-likeness (QED) is 0.395. The number of amides is 2. The first-order valence-corrected chi connectivity index (χ1v) is 14.2. The van der Waals surface area contributed by atoms with Crippen molar-refractivity contribution in [3.05, 3.63) is 101 Å². The van der Waals surface area contributed by atoms with Crippen LogP contribution < -0.4 is 0 Å². The fraction of sp³-hybridized carbons (Fsp3) is 0.379. The van der Waals surface area contributed by atoms with Gasteiger partial charge in [0.05, 0.1) is 6.04 Å². The molecule has 38 heavy (non-hydrogen) atoms. The number of aromatic nitrogens is 1. The minimum absolute atomic E-state index is 0.0295. The molecule has 9 heteroatoms. The van der Waals surface area contributed by atoms with Crippen molar-refractivity contribution in [2.75, 3.05) is 45.0 Å². The normalized spacial score (nSPS) is 18.7. The highest BCUT2D eigenvalue weighted by molar-refractivity contribution is 7.99. The van der Waals surface area contributed by atoms with Gasteiger partial charge in [0.25, 0.3) is 0 Å². The summed E-state index contributed by atoms with van der Waals surface area (Å²) in [4.78, 5) is 22.4. The number of benzene rings is 2. The number of rotatable bonds is 7. The third kappa shape index (κ3) is 5.85. The Balaban J connectivity index is 1.32. The van der Waals surface area contributed by atoms with Gasteiger partial charge in [-0.15, -0.1) is 11.8 Å². The van der Waals surface area contributed by atoms with Crippen molar-refractivity contribution in [3.8, 4) is 0 Å². The topological polar surface area (TPSA) is 42.9 Å². The lowest BCUT2D eigenvalue weighted by molar-refractivity contribution is -0.0398. The number of carbonyl (C=O) groups is 1. The predicted molar refractivity (Wildman–Crippen MR) is 146 cm³/mol. The van der Waals surface area contributed by atoms with E-state index < -0.39 is 0 Å². The second-order valence-electron chi connectivity index (χ2n) is 9.60. The smallest absolute Gasteiger partial charge is 0.307 e. The molecule has 2 saturated heterocycles. The molecule has 1 atom stereocenters. The zero-order valence-corrected chi connectivity index (χ0v) is 22.4. The van der Waals surface area contributed by atoms with Crippen molar-refractivity contribution in [3.63, 3.8) is 0 Å². The Hall–Kier alpha value is -3.01. The molecular formula is C29H33F2N5OS. The van der Waals surface area contributed by atoms with Gasteiger partial charge in [-0.2, -0.15) is 0 Å². The molecule has 1 unspecified atom stereocenters. The van der Waals surface area contributed by atoms with E-state index in [4.69, 9.17) is 0 Å². The van der Waals surface area contributed by atoms with E-state index in [-0.39, 0.29) is 29.1 Å². The Kier molecular flexibility index (Phi) is 8.56. The molecule has 0 N–H and O–H groups in total. The Morgan fingerprint density at radius 2 is 1.61 bits per heavy atom. The van der Waals surface area contributed by atoms with Gasteiger partial charge in [-0.1, -0.05) is 37.3 Å². The number of urea groups is 1. The minimum atomic E-state index is -0.283. The summed E-state index contributed by atoms with van der Waals surface area (Å²) in [5.41, 5.74) is 2.97. The molecule has 0 aliphatic carbocycles. The van der Waals surface area contributed by atoms with Crippen LogP contribution >= 0.6 is 11.8 Å². The number of thioether (sulfide) groups is 1. The molecule has 2 aliphatic heterocycles. The summed E-state index contributed by atoms with van der Waals surface area (Å²) in [5, 5.41) is 4.05. The molecule has 5 rings (SSSR count). The average molecular weight is 538 g/mol. The van der Waals surface area contributed by atoms with Crippen LogP contribution in [0.25, 0.3) is 0 Å². The number of carbonyl (C=O) groups excluding carboxylic acids is 1. The van der Waals surface area contributed by atoms with Crippen molar-refractivity contribution >= 4 is 17.8 Å². The van der Waals surface area contributed by atoms with Crippen molar-refractivity contribution < 1.29 is 13.6 Å². The Morgan fingerprint density at radius 3 is 2.16 bits per heavy atom. The van der Waals surface area contributed by atoms with Crippen molar-refractivity contribution in [2.45, 2.75) is 24.8 Å². The van der Waals surface area contributed by atoms with E-state index in [1.54, 1.807) is 42.2 Å². The standard InChI is InChI=1S/C29H33F2N5OS/c1-2-14-36(29(37)35-19-20-38-28(35)24-4-3-13-32-21-24)34-17-15-33(16-18-34)27(22-5-9-25(30)10-6-22)23-7-11-26(31)12-8-23/h3-13,21,27-28H,2,14-20H2,1H3. The molecule has 0 saturated carbocycles. The summed E-state index contributed by atoms with van der Waals surface area (Å²) in [6.07, 6.45) is 4.46. The first-order chi connectivity index (χ1) is 18.5. The van der Waals surface area contributed by atoms with Gasteiger partial charge in [-0.25, -0.2) is 18.6 Å². The van der Waals surface area contributed by atoms with Crippen molar-refractivity contribution in [1.82, 2.24) is 24.8 Å². The number of halogens is 2. The van der Waals surface area contributed by atoms with Crippen LogP contribution in [0.3, 0.4) is 0 Å². The average Bonchev–Trinajstić information content (AvgIpc) is 3.45. The monoisotopic (exact) mass is 537 g/mol. The Bertz CT molecular complexity index is 1140. The molecular weight excluding hydrogens is 504 g/mol. The van der Waals surface area contributed by atoms with Crippen LogP contribution in [0, 0.1) is 11.6 Å². The number of hydrogen-bond acceptors (Lipinski definition) is 5. The molecule has 3 aromatic rings. The predicted octanol–water partition coefficient (Wildman–Crippen LogP) is 5.56. The highest BCUT2D eigenvalue weighted by Gasteiger charge is 2.37. The summed E-state index contributed by atoms with van der Waals surface area (Å²) in [6, 6.07) is 16.9. The lowest BCUT2D eigenvalue weighted by Crippen LogP contribution is -2.58. The highest BCUT2D eigenvalue weighted by Crippen LogP contribution is 2.38. The molecule has 1 aromatic heterocycles. The van der Waals surface area contributed by atoms with Gasteiger partial charge in [0.1, 0.15) is 17.0 Å². The lowest BCUT2D eigenvalue weighted by atomic mass is 9.96. The Morgan fingerprint density at radius 1 is 0.974 bits per heavy atom. The van der Waals surface area contributed by atoms with Gasteiger partial charge >= 0.3 is 6.03 Å². The molecule has 3 heterocycles. The SMILES string of the molecule is CCCN(C(=O)N1CCSC1c1cccnc1)N1CCN(C(c2ccc(F)cc2)c2ccc(F)cc2)CC1. The fourth-order valence-corrected chi connectivity index (χ4v) is 6.53. The van der Waals surface area contributed by atoms with E-state index in [1.165, 1.54) is 24.3 Å². The van der Waals surface area contributed by atoms with E-state index >= 15 is 0 Å². The summed E-state index contributed by atoms with van der Waals surface area (Å²) < 4.78 is 27.4. The van der Waals surface area contributed by atoms with E-state index in [0.29, 0.717) is 39.3 Å². The van der Waals surface area contributed by atoms with Crippen molar-refractivity contribution in [2.24, 2.45) is 0 Å². The fourth-order valence-electron chi connectivity index (χ4n) is 5.30. The van der Waals surface area contributed by atoms with Crippen LogP contribution in [0.4, 0.5) is 13.6 Å². The number of nitrogens with zero attached hydrogens (tertiary/aromatic N) is 5. The number of pyridine rings is 1. The molecule has 6 nitrogen and oxygen atoms in total. The highest BCUT2D eigenvalue weighted by atomic mass is 32.2. The largest absolute Gasteiger partial charge is 0.335 e. The third-order valence-corrected chi connectivity index (χ3v) is 8.39. The van der Waals surface area contributed by atoms with Gasteiger partial charge in [-0.3, -0.25) is 14.9 Å². The van der Waals surface area contributed by atoms with Gasteiger partial charge < -0.3 is 4.90 Å². The first-order valence-electron chi connectivity index (χ1n) is 13.1. The van der Waals surface area contributed by atoms with Crippen LogP contribution in [0.2, 0.25) is 0 Å². The summed E-state index contributed by atoms with van der Waals surface area (Å²) in [7, 11) is 0. The maximum atomic E-state index is 13.8. The van der Waals surface area contributed by atoms with E-state index in [2.05, 4.69) is 21.8 Å². The summed E-state index contributed by atoms with van der Waals surface area (Å²) >= 11 is 1.77. The summed E-state index contributed by atoms with van der Waals surface area (Å²) in [5.74, 6) is 0.334. The van der Waals surface area contributed by atoms with Crippen LogP contribution in [0.1, 0.15) is 41.5 Å². The maximum Gasteiger partial charge on any atom is 0.335 e. The zero-order chi connectivity index (χ0) is 26.5. The Labute approximate surface area is 227 Å². The van der Waals surface area contributed by atoms with Gasteiger partial charge in [0, 0.05) is 63.0 Å². The molecule has 200 valence electrons. The molecule has 2 aliphatic rings. The summed E-state index contributed by atoms with van der Waals surface area (Å²) in [6.45, 7) is 6.25. The van der Waals surface area contributed by atoms with Crippen LogP contribution in [0.15, 0.2) is 73.1 Å². The van der Waals surface area contributed by atoms with Crippen LogP contribution in [-0.2, 0) is 0 Å². The molecule has 0 radical (unpaired) electrons. The van der Waals surface area contributed by atoms with E-state index in [1.807, 2.05) is 28.2 Å². The van der Waals surface area contributed by atoms with Crippen LogP contribution in [0.5, 0.6) is 0 Å². The number of piperazine rings is 1. The number of hydrogen-bond donors (Lipinski definition) is 0. The second kappa shape index (κ2) is 12.2. The minimum Gasteiger partial charge on any atom is -0.307 e. The van der Waals surface area contributed by atoms with Gasteiger partial charge in [-0.05, 0) is 47.9 Å². The molecule has 2 amide bonds. The molecule has 2 aromatic carbocycles. The van der Waals surface area contributed by atoms with Crippen molar-refractivity contribution in [1.29, 1.82) is 0 Å². The van der Waals surface area contributed by atoms with Gasteiger partial charge in [0.15, 0.2) is 0 Å². The van der Waals surface area contributed by atoms with Crippen LogP contribution in [-0.4, -0.2) is 75.9 Å². The molecule has 0 spiro atoms. The molecule has 2 fully saturated rings. The first kappa shape index (κ1) is 26.6. The van der Waals surface area contributed by atoms with E-state index in [9.17, 15) is 13.6 Å². The van der Waals surface area contributed by atoms with Gasteiger partial charge in [0.2, 0.25) is 0 Å². The number of hydrazine groups is 1. The zero-order valence-electron chi connectivity index (χ0n) is 21.5. The maximum absolute atomic E-state index is 13.8.